The highest BCUT2D eigenvalue weighted by Crippen LogP contribution is 2.40. The van der Waals surface area contributed by atoms with Crippen molar-refractivity contribution in [2.24, 2.45) is 0 Å². The molecule has 1 aliphatic rings. The minimum atomic E-state index is 0.0947. The molecule has 0 aromatic heterocycles. The molecule has 1 N–H and O–H groups in total. The van der Waals surface area contributed by atoms with Gasteiger partial charge >= 0.3 is 0 Å². The van der Waals surface area contributed by atoms with Crippen molar-refractivity contribution in [3.05, 3.63) is 27.7 Å². The van der Waals surface area contributed by atoms with E-state index in [9.17, 15) is 0 Å². The number of nitrogens with one attached hydrogen (secondary N) is 1. The van der Waals surface area contributed by atoms with Gasteiger partial charge < -0.3 is 9.57 Å². The first kappa shape index (κ1) is 12.0. The summed E-state index contributed by atoms with van der Waals surface area (Å²) in [7, 11) is 1.60. The van der Waals surface area contributed by atoms with Crippen LogP contribution in [0.2, 0.25) is 10.0 Å². The molecule has 0 saturated heterocycles. The van der Waals surface area contributed by atoms with Crippen LogP contribution in [-0.4, -0.2) is 13.7 Å². The van der Waals surface area contributed by atoms with Gasteiger partial charge in [0, 0.05) is 5.56 Å². The van der Waals surface area contributed by atoms with Crippen LogP contribution in [-0.2, 0) is 4.84 Å². The van der Waals surface area contributed by atoms with E-state index in [1.165, 1.54) is 0 Å². The summed E-state index contributed by atoms with van der Waals surface area (Å²) in [5, 5.41) is 0.988. The first-order valence-corrected chi connectivity index (χ1v) is 5.89. The predicted octanol–water partition coefficient (Wildman–Crippen LogP) is 3.36. The summed E-state index contributed by atoms with van der Waals surface area (Å²) in [6.07, 6.45) is 1.89. The van der Waals surface area contributed by atoms with E-state index in [-0.39, 0.29) is 6.04 Å². The molecular weight excluding hydrogens is 249 g/mol. The second kappa shape index (κ2) is 5.23. The molecule has 0 radical (unpaired) electrons. The average molecular weight is 262 g/mol. The lowest BCUT2D eigenvalue weighted by Gasteiger charge is -2.17. The van der Waals surface area contributed by atoms with Gasteiger partial charge in [0.1, 0.15) is 10.8 Å². The third-order valence-electron chi connectivity index (χ3n) is 2.60. The smallest absolute Gasteiger partial charge is 0.144 e. The lowest BCUT2D eigenvalue weighted by molar-refractivity contribution is 0.0580. The van der Waals surface area contributed by atoms with Crippen LogP contribution in [0.3, 0.4) is 0 Å². The summed E-state index contributed by atoms with van der Waals surface area (Å²) in [4.78, 5) is 4.98. The zero-order chi connectivity index (χ0) is 11.5. The molecule has 1 aromatic carbocycles. The van der Waals surface area contributed by atoms with Crippen LogP contribution < -0.4 is 10.2 Å². The van der Waals surface area contributed by atoms with E-state index in [1.807, 2.05) is 6.07 Å². The van der Waals surface area contributed by atoms with Crippen LogP contribution in [0, 0.1) is 0 Å². The fourth-order valence-electron chi connectivity index (χ4n) is 1.85. The topological polar surface area (TPSA) is 30.5 Å². The molecule has 1 aliphatic heterocycles. The van der Waals surface area contributed by atoms with Crippen molar-refractivity contribution in [2.75, 3.05) is 13.7 Å². The van der Waals surface area contributed by atoms with Gasteiger partial charge in [-0.25, -0.2) is 0 Å². The van der Waals surface area contributed by atoms with Crippen molar-refractivity contribution in [3.8, 4) is 5.75 Å². The Morgan fingerprint density at radius 1 is 1.44 bits per heavy atom. The first-order valence-electron chi connectivity index (χ1n) is 5.13. The second-order valence-corrected chi connectivity index (χ2v) is 4.43. The summed E-state index contributed by atoms with van der Waals surface area (Å²) in [5.41, 5.74) is 3.94. The molecule has 0 fully saturated rings. The van der Waals surface area contributed by atoms with Crippen molar-refractivity contribution in [2.45, 2.75) is 18.9 Å². The third kappa shape index (κ3) is 2.28. The van der Waals surface area contributed by atoms with Crippen LogP contribution in [0.4, 0.5) is 0 Å². The van der Waals surface area contributed by atoms with Crippen LogP contribution >= 0.6 is 23.2 Å². The monoisotopic (exact) mass is 261 g/mol. The van der Waals surface area contributed by atoms with E-state index in [2.05, 4.69) is 5.48 Å². The fraction of sp³-hybridized carbons (Fsp3) is 0.455. The van der Waals surface area contributed by atoms with E-state index < -0.39 is 0 Å². The van der Waals surface area contributed by atoms with Crippen LogP contribution in [0.1, 0.15) is 24.4 Å². The normalized spacial score (nSPS) is 19.8. The maximum absolute atomic E-state index is 6.12. The van der Waals surface area contributed by atoms with Crippen LogP contribution in [0.15, 0.2) is 12.1 Å². The number of hydroxylamine groups is 1. The summed E-state index contributed by atoms with van der Waals surface area (Å²) >= 11 is 12.1. The number of benzene rings is 1. The average Bonchev–Trinajstić information content (AvgIpc) is 2.48. The molecule has 16 heavy (non-hydrogen) atoms. The molecule has 2 rings (SSSR count). The minimum Gasteiger partial charge on any atom is -0.492 e. The summed E-state index contributed by atoms with van der Waals surface area (Å²) in [6, 6.07) is 3.80. The summed E-state index contributed by atoms with van der Waals surface area (Å²) in [6.45, 7) is 0.648. The van der Waals surface area contributed by atoms with Gasteiger partial charge in [0.25, 0.3) is 0 Å². The maximum atomic E-state index is 6.12. The Balaban J connectivity index is 2.42. The van der Waals surface area contributed by atoms with E-state index in [0.29, 0.717) is 22.4 Å². The molecule has 0 bridgehead atoms. The van der Waals surface area contributed by atoms with E-state index in [4.69, 9.17) is 32.8 Å². The SMILES string of the molecule is CONC1CCCOc2c1ccc(Cl)c2Cl. The lowest BCUT2D eigenvalue weighted by Crippen LogP contribution is -2.19. The third-order valence-corrected chi connectivity index (χ3v) is 3.39. The van der Waals surface area contributed by atoms with Crippen molar-refractivity contribution in [3.63, 3.8) is 0 Å². The number of hydrogen-bond donors (Lipinski definition) is 1. The van der Waals surface area contributed by atoms with E-state index in [0.717, 1.165) is 18.4 Å². The molecule has 0 saturated carbocycles. The van der Waals surface area contributed by atoms with Gasteiger partial charge in [-0.2, -0.15) is 5.48 Å². The van der Waals surface area contributed by atoms with E-state index in [1.54, 1.807) is 13.2 Å². The Bertz CT molecular complexity index is 384. The highest BCUT2D eigenvalue weighted by atomic mass is 35.5. The zero-order valence-corrected chi connectivity index (χ0v) is 10.4. The molecule has 5 heteroatoms. The zero-order valence-electron chi connectivity index (χ0n) is 8.93. The quantitative estimate of drug-likeness (QED) is 0.829. The first-order chi connectivity index (χ1) is 7.74. The van der Waals surface area contributed by atoms with Gasteiger partial charge in [-0.05, 0) is 18.9 Å². The highest BCUT2D eigenvalue weighted by Gasteiger charge is 2.22. The van der Waals surface area contributed by atoms with Crippen molar-refractivity contribution in [1.29, 1.82) is 0 Å². The Morgan fingerprint density at radius 2 is 2.25 bits per heavy atom. The van der Waals surface area contributed by atoms with Gasteiger partial charge in [-0.3, -0.25) is 0 Å². The Labute approximate surface area is 105 Å². The standard InChI is InChI=1S/C11H13Cl2NO2/c1-15-14-9-3-2-6-16-11-7(9)4-5-8(12)10(11)13/h4-5,9,14H,2-3,6H2,1H3. The highest BCUT2D eigenvalue weighted by molar-refractivity contribution is 6.43. The van der Waals surface area contributed by atoms with Gasteiger partial charge in [-0.1, -0.05) is 29.3 Å². The van der Waals surface area contributed by atoms with Crippen molar-refractivity contribution < 1.29 is 9.57 Å². The second-order valence-electron chi connectivity index (χ2n) is 3.64. The Hall–Kier alpha value is -0.480. The Kier molecular flexibility index (Phi) is 3.92. The van der Waals surface area contributed by atoms with Gasteiger partial charge in [-0.15, -0.1) is 0 Å². The van der Waals surface area contributed by atoms with Crippen LogP contribution in [0.25, 0.3) is 0 Å². The van der Waals surface area contributed by atoms with Crippen molar-refractivity contribution in [1.82, 2.24) is 5.48 Å². The van der Waals surface area contributed by atoms with Gasteiger partial charge in [0.05, 0.1) is 24.8 Å². The number of ether oxygens (including phenoxy) is 1. The number of fused-ring (bicyclic) bond motifs is 1. The van der Waals surface area contributed by atoms with Crippen LogP contribution in [0.5, 0.6) is 5.75 Å². The molecule has 0 amide bonds. The van der Waals surface area contributed by atoms with Gasteiger partial charge in [0.2, 0.25) is 0 Å². The fourth-order valence-corrected chi connectivity index (χ4v) is 2.23. The summed E-state index contributed by atoms with van der Waals surface area (Å²) < 4.78 is 5.62. The number of rotatable bonds is 2. The number of halogens is 2. The largest absolute Gasteiger partial charge is 0.492 e. The molecule has 1 atom stereocenters. The van der Waals surface area contributed by atoms with Crippen molar-refractivity contribution >= 4 is 23.2 Å². The Morgan fingerprint density at radius 3 is 3.00 bits per heavy atom. The molecule has 0 aliphatic carbocycles. The molecular formula is C11H13Cl2NO2. The van der Waals surface area contributed by atoms with Gasteiger partial charge in [0.15, 0.2) is 0 Å². The summed E-state index contributed by atoms with van der Waals surface area (Å²) in [5.74, 6) is 0.668. The molecule has 1 unspecified atom stereocenters. The number of hydrogen-bond acceptors (Lipinski definition) is 3. The predicted molar refractivity (Wildman–Crippen MR) is 64.1 cm³/mol. The molecule has 3 nitrogen and oxygen atoms in total. The van der Waals surface area contributed by atoms with E-state index >= 15 is 0 Å². The molecule has 88 valence electrons. The molecule has 1 aromatic rings. The molecule has 0 spiro atoms. The minimum absolute atomic E-state index is 0.0947. The lowest BCUT2D eigenvalue weighted by atomic mass is 10.0. The molecule has 1 heterocycles. The maximum Gasteiger partial charge on any atom is 0.144 e.